The van der Waals surface area contributed by atoms with Crippen LogP contribution in [0.15, 0.2) is 24.3 Å². The average molecular weight is 201 g/mol. The molecule has 0 radical (unpaired) electrons. The van der Waals surface area contributed by atoms with Crippen molar-refractivity contribution in [2.75, 3.05) is 7.11 Å². The lowest BCUT2D eigenvalue weighted by atomic mass is 10.1. The molecule has 0 amide bonds. The molecule has 0 N–H and O–H groups in total. The first-order valence-electron chi connectivity index (χ1n) is 5.19. The number of benzene rings is 1. The molecule has 0 spiro atoms. The highest BCUT2D eigenvalue weighted by Gasteiger charge is 2.05. The number of pyridine rings is 1. The lowest BCUT2D eigenvalue weighted by Gasteiger charge is -2.08. The quantitative estimate of drug-likeness (QED) is 0.744. The summed E-state index contributed by atoms with van der Waals surface area (Å²) in [6.45, 7) is 4.22. The van der Waals surface area contributed by atoms with Gasteiger partial charge in [-0.3, -0.25) is 4.98 Å². The third-order valence-electron chi connectivity index (χ3n) is 2.67. The Morgan fingerprint density at radius 3 is 2.80 bits per heavy atom. The predicted molar refractivity (Wildman–Crippen MR) is 62.4 cm³/mol. The maximum Gasteiger partial charge on any atom is 0.128 e. The van der Waals surface area contributed by atoms with Gasteiger partial charge in [0.1, 0.15) is 5.75 Å². The summed E-state index contributed by atoms with van der Waals surface area (Å²) in [5, 5.41) is 1.09. The van der Waals surface area contributed by atoms with Crippen LogP contribution in [0.4, 0.5) is 0 Å². The summed E-state index contributed by atoms with van der Waals surface area (Å²) in [7, 11) is 1.69. The monoisotopic (exact) mass is 201 g/mol. The molecular weight excluding hydrogens is 186 g/mol. The van der Waals surface area contributed by atoms with Gasteiger partial charge >= 0.3 is 0 Å². The summed E-state index contributed by atoms with van der Waals surface area (Å²) >= 11 is 0. The number of ether oxygens (including phenoxy) is 1. The molecule has 1 aromatic carbocycles. The van der Waals surface area contributed by atoms with Gasteiger partial charge in [0, 0.05) is 11.1 Å². The Kier molecular flexibility index (Phi) is 2.58. The number of nitrogens with zero attached hydrogens (tertiary/aromatic N) is 1. The molecule has 78 valence electrons. The molecule has 0 saturated heterocycles. The molecule has 0 bridgehead atoms. The standard InChI is InChI=1S/C13H15NO/c1-4-11-9(2)8-10-12(14-11)6-5-7-13(10)15-3/h5-8H,4H2,1-3H3. The Bertz CT molecular complexity index is 491. The fourth-order valence-corrected chi connectivity index (χ4v) is 1.84. The van der Waals surface area contributed by atoms with Crippen LogP contribution in [0.3, 0.4) is 0 Å². The first-order valence-corrected chi connectivity index (χ1v) is 5.19. The summed E-state index contributed by atoms with van der Waals surface area (Å²) in [5.74, 6) is 0.894. The zero-order chi connectivity index (χ0) is 10.8. The SMILES string of the molecule is CCc1nc2cccc(OC)c2cc1C. The molecular formula is C13H15NO. The van der Waals surface area contributed by atoms with Crippen LogP contribution < -0.4 is 4.74 Å². The first-order chi connectivity index (χ1) is 7.26. The molecule has 2 heteroatoms. The van der Waals surface area contributed by atoms with Gasteiger partial charge < -0.3 is 4.74 Å². The molecule has 2 rings (SSSR count). The van der Waals surface area contributed by atoms with Gasteiger partial charge in [0.15, 0.2) is 0 Å². The average Bonchev–Trinajstić information content (AvgIpc) is 2.27. The van der Waals surface area contributed by atoms with Gasteiger partial charge in [0.25, 0.3) is 0 Å². The fourth-order valence-electron chi connectivity index (χ4n) is 1.84. The Labute approximate surface area is 89.9 Å². The molecule has 0 aliphatic rings. The van der Waals surface area contributed by atoms with Crippen LogP contribution in [0, 0.1) is 6.92 Å². The third kappa shape index (κ3) is 1.67. The highest BCUT2D eigenvalue weighted by molar-refractivity contribution is 5.85. The number of fused-ring (bicyclic) bond motifs is 1. The zero-order valence-electron chi connectivity index (χ0n) is 9.37. The Hall–Kier alpha value is -1.57. The molecule has 1 heterocycles. The molecule has 2 nitrogen and oxygen atoms in total. The number of aromatic nitrogens is 1. The van der Waals surface area contributed by atoms with Crippen LogP contribution >= 0.6 is 0 Å². The number of hydrogen-bond acceptors (Lipinski definition) is 2. The minimum atomic E-state index is 0.894. The van der Waals surface area contributed by atoms with Crippen LogP contribution in [-0.4, -0.2) is 12.1 Å². The van der Waals surface area contributed by atoms with Crippen LogP contribution in [0.1, 0.15) is 18.2 Å². The van der Waals surface area contributed by atoms with Gasteiger partial charge in [-0.15, -0.1) is 0 Å². The zero-order valence-corrected chi connectivity index (χ0v) is 9.37. The number of aryl methyl sites for hydroxylation is 2. The second-order valence-electron chi connectivity index (χ2n) is 3.63. The van der Waals surface area contributed by atoms with Gasteiger partial charge in [-0.05, 0) is 37.1 Å². The van der Waals surface area contributed by atoms with E-state index in [9.17, 15) is 0 Å². The molecule has 0 aliphatic carbocycles. The normalized spacial score (nSPS) is 10.6. The van der Waals surface area contributed by atoms with E-state index >= 15 is 0 Å². The Balaban J connectivity index is 2.74. The first kappa shape index (κ1) is 9.97. The lowest BCUT2D eigenvalue weighted by Crippen LogP contribution is -1.94. The molecule has 1 aromatic heterocycles. The second-order valence-corrected chi connectivity index (χ2v) is 3.63. The van der Waals surface area contributed by atoms with E-state index in [2.05, 4.69) is 24.9 Å². The van der Waals surface area contributed by atoms with Crippen molar-refractivity contribution in [2.45, 2.75) is 20.3 Å². The van der Waals surface area contributed by atoms with E-state index in [1.165, 1.54) is 5.56 Å². The van der Waals surface area contributed by atoms with Crippen molar-refractivity contribution in [3.05, 3.63) is 35.5 Å². The van der Waals surface area contributed by atoms with Gasteiger partial charge in [-0.2, -0.15) is 0 Å². The molecule has 0 aliphatic heterocycles. The van der Waals surface area contributed by atoms with Gasteiger partial charge in [0.05, 0.1) is 12.6 Å². The smallest absolute Gasteiger partial charge is 0.128 e. The predicted octanol–water partition coefficient (Wildman–Crippen LogP) is 3.11. The van der Waals surface area contributed by atoms with E-state index in [1.807, 2.05) is 18.2 Å². The van der Waals surface area contributed by atoms with E-state index in [1.54, 1.807) is 7.11 Å². The number of hydrogen-bond donors (Lipinski definition) is 0. The van der Waals surface area contributed by atoms with E-state index in [4.69, 9.17) is 4.74 Å². The maximum atomic E-state index is 5.32. The Morgan fingerprint density at radius 2 is 2.13 bits per heavy atom. The highest BCUT2D eigenvalue weighted by Crippen LogP contribution is 2.25. The summed E-state index contributed by atoms with van der Waals surface area (Å²) in [6, 6.07) is 8.12. The van der Waals surface area contributed by atoms with Crippen molar-refractivity contribution in [3.8, 4) is 5.75 Å². The van der Waals surface area contributed by atoms with Gasteiger partial charge in [-0.25, -0.2) is 0 Å². The summed E-state index contributed by atoms with van der Waals surface area (Å²) < 4.78 is 5.32. The van der Waals surface area contributed by atoms with E-state index in [0.717, 1.165) is 28.8 Å². The molecule has 15 heavy (non-hydrogen) atoms. The van der Waals surface area contributed by atoms with E-state index in [0.29, 0.717) is 0 Å². The minimum absolute atomic E-state index is 0.894. The van der Waals surface area contributed by atoms with Crippen LogP contribution in [-0.2, 0) is 6.42 Å². The summed E-state index contributed by atoms with van der Waals surface area (Å²) in [6.07, 6.45) is 0.971. The van der Waals surface area contributed by atoms with Crippen molar-refractivity contribution in [1.29, 1.82) is 0 Å². The number of rotatable bonds is 2. The van der Waals surface area contributed by atoms with E-state index < -0.39 is 0 Å². The largest absolute Gasteiger partial charge is 0.496 e. The van der Waals surface area contributed by atoms with Crippen molar-refractivity contribution in [1.82, 2.24) is 4.98 Å². The van der Waals surface area contributed by atoms with Crippen LogP contribution in [0.25, 0.3) is 10.9 Å². The van der Waals surface area contributed by atoms with Crippen LogP contribution in [0.2, 0.25) is 0 Å². The lowest BCUT2D eigenvalue weighted by molar-refractivity contribution is 0.419. The van der Waals surface area contributed by atoms with Crippen molar-refractivity contribution >= 4 is 10.9 Å². The third-order valence-corrected chi connectivity index (χ3v) is 2.67. The van der Waals surface area contributed by atoms with Gasteiger partial charge in [-0.1, -0.05) is 13.0 Å². The molecule has 0 unspecified atom stereocenters. The van der Waals surface area contributed by atoms with Crippen molar-refractivity contribution < 1.29 is 4.74 Å². The van der Waals surface area contributed by atoms with Gasteiger partial charge in [0.2, 0.25) is 0 Å². The minimum Gasteiger partial charge on any atom is -0.496 e. The van der Waals surface area contributed by atoms with Crippen molar-refractivity contribution in [3.63, 3.8) is 0 Å². The fraction of sp³-hybridized carbons (Fsp3) is 0.308. The molecule has 0 saturated carbocycles. The molecule has 0 atom stereocenters. The molecule has 0 fully saturated rings. The Morgan fingerprint density at radius 1 is 1.33 bits per heavy atom. The van der Waals surface area contributed by atoms with Crippen molar-refractivity contribution in [2.24, 2.45) is 0 Å². The van der Waals surface area contributed by atoms with E-state index in [-0.39, 0.29) is 0 Å². The van der Waals surface area contributed by atoms with Crippen LogP contribution in [0.5, 0.6) is 5.75 Å². The highest BCUT2D eigenvalue weighted by atomic mass is 16.5. The number of methoxy groups -OCH3 is 1. The second kappa shape index (κ2) is 3.89. The molecule has 2 aromatic rings. The summed E-state index contributed by atoms with van der Waals surface area (Å²) in [4.78, 5) is 4.62. The summed E-state index contributed by atoms with van der Waals surface area (Å²) in [5.41, 5.74) is 3.40. The topological polar surface area (TPSA) is 22.1 Å². The maximum absolute atomic E-state index is 5.32.